The normalized spacial score (nSPS) is 24.6. The zero-order valence-corrected chi connectivity index (χ0v) is 15.4. The van der Waals surface area contributed by atoms with E-state index in [1.54, 1.807) is 8.61 Å². The van der Waals surface area contributed by atoms with E-state index in [0.717, 1.165) is 44.2 Å². The Balaban J connectivity index is 1.84. The van der Waals surface area contributed by atoms with Crippen LogP contribution in [-0.4, -0.2) is 49.8 Å². The maximum atomic E-state index is 13.2. The standard InChI is InChI=1S/C18H29N3O2S/c1-2-16-7-9-17(10-8-16)18-15-19-11-14-21(18)24(22,23)20-12-5-3-4-6-13-20/h7-10,18-19H,2-6,11-15H2,1H3. The number of rotatable bonds is 4. The molecule has 134 valence electrons. The highest BCUT2D eigenvalue weighted by Gasteiger charge is 2.37. The summed E-state index contributed by atoms with van der Waals surface area (Å²) >= 11 is 0. The number of aryl methyl sites for hydroxylation is 1. The Morgan fingerprint density at radius 2 is 1.71 bits per heavy atom. The van der Waals surface area contributed by atoms with Crippen LogP contribution in [0.15, 0.2) is 24.3 Å². The molecule has 2 fully saturated rings. The number of hydrogen-bond donors (Lipinski definition) is 1. The summed E-state index contributed by atoms with van der Waals surface area (Å²) in [6.45, 7) is 5.39. The highest BCUT2D eigenvalue weighted by molar-refractivity contribution is 7.86. The number of hydrogen-bond acceptors (Lipinski definition) is 3. The van der Waals surface area contributed by atoms with Gasteiger partial charge in [-0.2, -0.15) is 17.0 Å². The average molecular weight is 352 g/mol. The molecule has 2 aliphatic rings. The minimum absolute atomic E-state index is 0.113. The van der Waals surface area contributed by atoms with Gasteiger partial charge < -0.3 is 5.32 Å². The van der Waals surface area contributed by atoms with Crippen molar-refractivity contribution in [2.75, 3.05) is 32.7 Å². The maximum absolute atomic E-state index is 13.2. The maximum Gasteiger partial charge on any atom is 0.282 e. The molecular weight excluding hydrogens is 322 g/mol. The second-order valence-electron chi connectivity index (χ2n) is 6.75. The van der Waals surface area contributed by atoms with Gasteiger partial charge in [-0.05, 0) is 30.4 Å². The van der Waals surface area contributed by atoms with E-state index in [4.69, 9.17) is 0 Å². The Hall–Kier alpha value is -0.950. The number of piperazine rings is 1. The predicted molar refractivity (Wildman–Crippen MR) is 97.1 cm³/mol. The van der Waals surface area contributed by atoms with Gasteiger partial charge in [0.2, 0.25) is 0 Å². The summed E-state index contributed by atoms with van der Waals surface area (Å²) < 4.78 is 29.9. The van der Waals surface area contributed by atoms with Crippen LogP contribution in [0.25, 0.3) is 0 Å². The Morgan fingerprint density at radius 3 is 2.33 bits per heavy atom. The van der Waals surface area contributed by atoms with Crippen LogP contribution < -0.4 is 5.32 Å². The van der Waals surface area contributed by atoms with E-state index < -0.39 is 10.2 Å². The van der Waals surface area contributed by atoms with E-state index in [1.807, 2.05) is 0 Å². The Kier molecular flexibility index (Phi) is 5.92. The van der Waals surface area contributed by atoms with Gasteiger partial charge in [0.25, 0.3) is 10.2 Å². The molecule has 24 heavy (non-hydrogen) atoms. The fraction of sp³-hybridized carbons (Fsp3) is 0.667. The predicted octanol–water partition coefficient (Wildman–Crippen LogP) is 2.32. The first kappa shape index (κ1) is 17.9. The van der Waals surface area contributed by atoms with Crippen LogP contribution in [0.5, 0.6) is 0 Å². The zero-order valence-electron chi connectivity index (χ0n) is 14.6. The molecule has 0 aliphatic carbocycles. The van der Waals surface area contributed by atoms with Gasteiger partial charge in [-0.15, -0.1) is 0 Å². The molecule has 5 nitrogen and oxygen atoms in total. The summed E-state index contributed by atoms with van der Waals surface area (Å²) in [6, 6.07) is 8.28. The third kappa shape index (κ3) is 3.82. The molecule has 1 atom stereocenters. The van der Waals surface area contributed by atoms with Crippen LogP contribution in [-0.2, 0) is 16.6 Å². The van der Waals surface area contributed by atoms with Crippen molar-refractivity contribution in [2.24, 2.45) is 0 Å². The molecule has 0 spiro atoms. The first-order chi connectivity index (χ1) is 11.6. The van der Waals surface area contributed by atoms with Gasteiger partial charge in [0.15, 0.2) is 0 Å². The Morgan fingerprint density at radius 1 is 1.04 bits per heavy atom. The van der Waals surface area contributed by atoms with Crippen LogP contribution in [0.4, 0.5) is 0 Å². The molecule has 1 N–H and O–H groups in total. The van der Waals surface area contributed by atoms with Crippen LogP contribution >= 0.6 is 0 Å². The molecular formula is C18H29N3O2S. The third-order valence-corrected chi connectivity index (χ3v) is 7.20. The molecule has 6 heteroatoms. The lowest BCUT2D eigenvalue weighted by molar-refractivity contribution is 0.247. The fourth-order valence-corrected chi connectivity index (χ4v) is 5.50. The second-order valence-corrected chi connectivity index (χ2v) is 8.63. The molecule has 1 aromatic carbocycles. The van der Waals surface area contributed by atoms with Gasteiger partial charge in [-0.3, -0.25) is 0 Å². The molecule has 1 aromatic rings. The van der Waals surface area contributed by atoms with E-state index in [9.17, 15) is 8.42 Å². The summed E-state index contributed by atoms with van der Waals surface area (Å²) in [5.74, 6) is 0. The molecule has 0 saturated carbocycles. The van der Waals surface area contributed by atoms with Crippen molar-refractivity contribution >= 4 is 10.2 Å². The van der Waals surface area contributed by atoms with Gasteiger partial charge in [0.1, 0.15) is 0 Å². The minimum Gasteiger partial charge on any atom is -0.313 e. The van der Waals surface area contributed by atoms with E-state index in [0.29, 0.717) is 26.2 Å². The van der Waals surface area contributed by atoms with Crippen molar-refractivity contribution in [1.82, 2.24) is 13.9 Å². The van der Waals surface area contributed by atoms with E-state index in [1.165, 1.54) is 5.56 Å². The summed E-state index contributed by atoms with van der Waals surface area (Å²) in [5, 5.41) is 3.35. The molecule has 2 heterocycles. The number of nitrogens with zero attached hydrogens (tertiary/aromatic N) is 2. The highest BCUT2D eigenvalue weighted by atomic mass is 32.2. The number of benzene rings is 1. The molecule has 0 aromatic heterocycles. The Bertz CT molecular complexity index is 622. The molecule has 2 aliphatic heterocycles. The lowest BCUT2D eigenvalue weighted by atomic mass is 10.0. The van der Waals surface area contributed by atoms with Gasteiger partial charge in [-0.25, -0.2) is 0 Å². The molecule has 0 amide bonds. The largest absolute Gasteiger partial charge is 0.313 e. The second kappa shape index (κ2) is 7.95. The molecule has 2 saturated heterocycles. The first-order valence-corrected chi connectivity index (χ1v) is 10.6. The summed E-state index contributed by atoms with van der Waals surface area (Å²) in [5.41, 5.74) is 2.36. The average Bonchev–Trinajstić information content (AvgIpc) is 2.92. The summed E-state index contributed by atoms with van der Waals surface area (Å²) in [4.78, 5) is 0. The van der Waals surface area contributed by atoms with Crippen LogP contribution in [0.2, 0.25) is 0 Å². The lowest BCUT2D eigenvalue weighted by Gasteiger charge is -2.38. The fourth-order valence-electron chi connectivity index (χ4n) is 3.64. The van der Waals surface area contributed by atoms with E-state index >= 15 is 0 Å². The van der Waals surface area contributed by atoms with E-state index in [-0.39, 0.29) is 6.04 Å². The van der Waals surface area contributed by atoms with Crippen molar-refractivity contribution in [3.05, 3.63) is 35.4 Å². The van der Waals surface area contributed by atoms with Gasteiger partial charge >= 0.3 is 0 Å². The van der Waals surface area contributed by atoms with Crippen molar-refractivity contribution in [3.8, 4) is 0 Å². The van der Waals surface area contributed by atoms with Crippen LogP contribution in [0.1, 0.15) is 49.8 Å². The van der Waals surface area contributed by atoms with Crippen molar-refractivity contribution in [2.45, 2.75) is 45.1 Å². The Labute approximate surface area is 146 Å². The van der Waals surface area contributed by atoms with Gasteiger partial charge in [0, 0.05) is 32.7 Å². The SMILES string of the molecule is CCc1ccc(C2CNCCN2S(=O)(=O)N2CCCCCC2)cc1. The van der Waals surface area contributed by atoms with Gasteiger partial charge in [-0.1, -0.05) is 44.0 Å². The van der Waals surface area contributed by atoms with Crippen LogP contribution in [0.3, 0.4) is 0 Å². The van der Waals surface area contributed by atoms with Crippen molar-refractivity contribution in [3.63, 3.8) is 0 Å². The van der Waals surface area contributed by atoms with Gasteiger partial charge in [0.05, 0.1) is 6.04 Å². The van der Waals surface area contributed by atoms with Crippen molar-refractivity contribution in [1.29, 1.82) is 0 Å². The first-order valence-electron chi connectivity index (χ1n) is 9.19. The molecule has 1 unspecified atom stereocenters. The van der Waals surface area contributed by atoms with E-state index in [2.05, 4.69) is 36.5 Å². The number of nitrogens with one attached hydrogen (secondary N) is 1. The van der Waals surface area contributed by atoms with Crippen LogP contribution in [0, 0.1) is 0 Å². The minimum atomic E-state index is -3.39. The zero-order chi connectivity index (χ0) is 17.0. The van der Waals surface area contributed by atoms with Crippen molar-refractivity contribution < 1.29 is 8.42 Å². The third-order valence-electron chi connectivity index (χ3n) is 5.15. The monoisotopic (exact) mass is 351 g/mol. The topological polar surface area (TPSA) is 52.7 Å². The molecule has 0 radical (unpaired) electrons. The molecule has 0 bridgehead atoms. The molecule has 3 rings (SSSR count). The highest BCUT2D eigenvalue weighted by Crippen LogP contribution is 2.28. The summed E-state index contributed by atoms with van der Waals surface area (Å²) in [6.07, 6.45) is 5.21. The quantitative estimate of drug-likeness (QED) is 0.906. The lowest BCUT2D eigenvalue weighted by Crippen LogP contribution is -2.53. The summed E-state index contributed by atoms with van der Waals surface area (Å²) in [7, 11) is -3.39. The smallest absolute Gasteiger partial charge is 0.282 e.